The molecule has 182 valence electrons. The van der Waals surface area contributed by atoms with Gasteiger partial charge in [0.1, 0.15) is 5.75 Å². The third-order valence-electron chi connectivity index (χ3n) is 5.68. The Bertz CT molecular complexity index is 1300. The number of esters is 1. The number of carbonyl (C=O) groups excluding carboxylic acids is 2. The molecule has 3 aromatic rings. The molecular weight excluding hydrogens is 468 g/mol. The van der Waals surface area contributed by atoms with Crippen LogP contribution in [0.15, 0.2) is 83.8 Å². The molecule has 9 heteroatoms. The lowest BCUT2D eigenvalue weighted by Gasteiger charge is -2.19. The highest BCUT2D eigenvalue weighted by atomic mass is 32.2. The SMILES string of the molecule is COc1cccc(NC(=O)C(OC(=O)c2cccc(S(=O)(=O)N3CCCC3)c2)c2ccccc2)c1. The standard InChI is InChI=1S/C26H26N2O6S/c1-33-22-13-8-12-21(18-22)27-25(29)24(19-9-3-2-4-10-19)34-26(30)20-11-7-14-23(17-20)35(31,32)28-15-5-6-16-28/h2-4,7-14,17-18,24H,5-6,15-16H2,1H3,(H,27,29). The largest absolute Gasteiger partial charge is 0.497 e. The van der Waals surface area contributed by atoms with Crippen LogP contribution >= 0.6 is 0 Å². The van der Waals surface area contributed by atoms with Gasteiger partial charge in [-0.15, -0.1) is 0 Å². The maximum atomic E-state index is 13.1. The normalized spacial score (nSPS) is 14.8. The summed E-state index contributed by atoms with van der Waals surface area (Å²) in [5, 5.41) is 2.75. The molecule has 1 unspecified atom stereocenters. The van der Waals surface area contributed by atoms with E-state index >= 15 is 0 Å². The van der Waals surface area contributed by atoms with E-state index < -0.39 is 28.0 Å². The summed E-state index contributed by atoms with van der Waals surface area (Å²) in [6.07, 6.45) is 0.360. The van der Waals surface area contributed by atoms with Crippen molar-refractivity contribution in [3.8, 4) is 5.75 Å². The number of rotatable bonds is 8. The predicted octanol–water partition coefficient (Wildman–Crippen LogP) is 4.02. The number of nitrogens with one attached hydrogen (secondary N) is 1. The van der Waals surface area contributed by atoms with Crippen LogP contribution in [0.1, 0.15) is 34.9 Å². The summed E-state index contributed by atoms with van der Waals surface area (Å²) in [4.78, 5) is 26.2. The molecule has 1 saturated heterocycles. The first kappa shape index (κ1) is 24.4. The Kier molecular flexibility index (Phi) is 7.48. The molecule has 0 saturated carbocycles. The van der Waals surface area contributed by atoms with Gasteiger partial charge >= 0.3 is 5.97 Å². The maximum Gasteiger partial charge on any atom is 0.339 e. The molecule has 4 rings (SSSR count). The van der Waals surface area contributed by atoms with Gasteiger partial charge in [0.05, 0.1) is 17.6 Å². The fourth-order valence-corrected chi connectivity index (χ4v) is 5.41. The monoisotopic (exact) mass is 494 g/mol. The molecule has 8 nitrogen and oxygen atoms in total. The van der Waals surface area contributed by atoms with Crippen LogP contribution in [0, 0.1) is 0 Å². The van der Waals surface area contributed by atoms with Gasteiger partial charge in [-0.05, 0) is 43.2 Å². The molecule has 1 N–H and O–H groups in total. The molecule has 1 aliphatic heterocycles. The van der Waals surface area contributed by atoms with E-state index in [1.807, 2.05) is 0 Å². The van der Waals surface area contributed by atoms with Gasteiger partial charge in [0, 0.05) is 30.4 Å². The third-order valence-corrected chi connectivity index (χ3v) is 7.57. The van der Waals surface area contributed by atoms with Crippen molar-refractivity contribution in [3.63, 3.8) is 0 Å². The van der Waals surface area contributed by atoms with E-state index in [2.05, 4.69) is 5.32 Å². The number of benzene rings is 3. The van der Waals surface area contributed by atoms with Crippen LogP contribution < -0.4 is 10.1 Å². The zero-order valence-corrected chi connectivity index (χ0v) is 20.0. The zero-order chi connectivity index (χ0) is 24.8. The number of amides is 1. The van der Waals surface area contributed by atoms with Gasteiger partial charge in [-0.25, -0.2) is 13.2 Å². The molecule has 35 heavy (non-hydrogen) atoms. The molecule has 1 atom stereocenters. The molecule has 3 aromatic carbocycles. The second-order valence-electron chi connectivity index (χ2n) is 8.06. The van der Waals surface area contributed by atoms with Gasteiger partial charge in [0.2, 0.25) is 16.1 Å². The van der Waals surface area contributed by atoms with Crippen molar-refractivity contribution in [2.75, 3.05) is 25.5 Å². The maximum absolute atomic E-state index is 13.1. The third kappa shape index (κ3) is 5.70. The van der Waals surface area contributed by atoms with E-state index in [0.717, 1.165) is 12.8 Å². The highest BCUT2D eigenvalue weighted by molar-refractivity contribution is 7.89. The minimum atomic E-state index is -3.70. The van der Waals surface area contributed by atoms with E-state index in [-0.39, 0.29) is 10.5 Å². The number of nitrogens with zero attached hydrogens (tertiary/aromatic N) is 1. The van der Waals surface area contributed by atoms with E-state index in [4.69, 9.17) is 9.47 Å². The number of hydrogen-bond donors (Lipinski definition) is 1. The summed E-state index contributed by atoms with van der Waals surface area (Å²) >= 11 is 0. The first-order valence-corrected chi connectivity index (χ1v) is 12.6. The van der Waals surface area contributed by atoms with Crippen molar-refractivity contribution < 1.29 is 27.5 Å². The summed E-state index contributed by atoms with van der Waals surface area (Å²) in [5.41, 5.74) is 0.993. The van der Waals surface area contributed by atoms with Gasteiger partial charge < -0.3 is 14.8 Å². The Balaban J connectivity index is 1.58. The Morgan fingerprint density at radius 2 is 1.63 bits per heavy atom. The molecule has 1 fully saturated rings. The van der Waals surface area contributed by atoms with Crippen LogP contribution in [0.2, 0.25) is 0 Å². The lowest BCUT2D eigenvalue weighted by Crippen LogP contribution is -2.28. The molecule has 0 radical (unpaired) electrons. The van der Waals surface area contributed by atoms with Crippen LogP contribution in [-0.2, 0) is 19.6 Å². The van der Waals surface area contributed by atoms with Gasteiger partial charge in [0.15, 0.2) is 0 Å². The Hall–Kier alpha value is -3.69. The minimum absolute atomic E-state index is 0.0194. The second kappa shape index (κ2) is 10.7. The Morgan fingerprint density at radius 1 is 0.914 bits per heavy atom. The lowest BCUT2D eigenvalue weighted by molar-refractivity contribution is -0.125. The highest BCUT2D eigenvalue weighted by Crippen LogP contribution is 2.25. The summed E-state index contributed by atoms with van der Waals surface area (Å²) in [6.45, 7) is 0.912. The Morgan fingerprint density at radius 3 is 2.34 bits per heavy atom. The van der Waals surface area contributed by atoms with Crippen LogP contribution in [0.3, 0.4) is 0 Å². The topological polar surface area (TPSA) is 102 Å². The van der Waals surface area contributed by atoms with Crippen molar-refractivity contribution in [1.82, 2.24) is 4.31 Å². The van der Waals surface area contributed by atoms with Crippen LogP contribution in [0.5, 0.6) is 5.75 Å². The van der Waals surface area contributed by atoms with Crippen molar-refractivity contribution >= 4 is 27.6 Å². The number of anilines is 1. The van der Waals surface area contributed by atoms with E-state index in [1.54, 1.807) is 54.6 Å². The molecule has 1 aliphatic rings. The fourth-order valence-electron chi connectivity index (χ4n) is 3.85. The highest BCUT2D eigenvalue weighted by Gasteiger charge is 2.29. The molecule has 1 amide bonds. The summed E-state index contributed by atoms with van der Waals surface area (Å²) < 4.78 is 38.0. The number of sulfonamides is 1. The summed E-state index contributed by atoms with van der Waals surface area (Å²) in [5.74, 6) is -0.802. The smallest absolute Gasteiger partial charge is 0.339 e. The molecule has 1 heterocycles. The first-order valence-electron chi connectivity index (χ1n) is 11.2. The number of methoxy groups -OCH3 is 1. The lowest BCUT2D eigenvalue weighted by atomic mass is 10.1. The van der Waals surface area contributed by atoms with E-state index in [9.17, 15) is 18.0 Å². The van der Waals surface area contributed by atoms with Crippen LogP contribution in [0.4, 0.5) is 5.69 Å². The number of hydrogen-bond acceptors (Lipinski definition) is 6. The van der Waals surface area contributed by atoms with Crippen LogP contribution in [0.25, 0.3) is 0 Å². The molecule has 0 aliphatic carbocycles. The average Bonchev–Trinajstić information content (AvgIpc) is 3.44. The molecule has 0 spiro atoms. The first-order chi connectivity index (χ1) is 16.9. The van der Waals surface area contributed by atoms with Crippen molar-refractivity contribution in [3.05, 3.63) is 90.0 Å². The molecule has 0 bridgehead atoms. The van der Waals surface area contributed by atoms with Gasteiger partial charge in [0.25, 0.3) is 5.91 Å². The zero-order valence-electron chi connectivity index (χ0n) is 19.2. The Labute approximate surface area is 204 Å². The quantitative estimate of drug-likeness (QED) is 0.475. The number of carbonyl (C=O) groups is 2. The minimum Gasteiger partial charge on any atom is -0.497 e. The number of ether oxygens (including phenoxy) is 2. The van der Waals surface area contributed by atoms with Crippen LogP contribution in [-0.4, -0.2) is 44.8 Å². The van der Waals surface area contributed by atoms with Crippen molar-refractivity contribution in [2.45, 2.75) is 23.8 Å². The van der Waals surface area contributed by atoms with Gasteiger partial charge in [-0.1, -0.05) is 42.5 Å². The van der Waals surface area contributed by atoms with E-state index in [1.165, 1.54) is 35.7 Å². The van der Waals surface area contributed by atoms with Gasteiger partial charge in [-0.3, -0.25) is 4.79 Å². The average molecular weight is 495 g/mol. The molecular formula is C26H26N2O6S. The van der Waals surface area contributed by atoms with Crippen molar-refractivity contribution in [2.24, 2.45) is 0 Å². The van der Waals surface area contributed by atoms with Crippen molar-refractivity contribution in [1.29, 1.82) is 0 Å². The second-order valence-corrected chi connectivity index (χ2v) is 9.99. The summed E-state index contributed by atoms with van der Waals surface area (Å²) in [6, 6.07) is 21.1. The predicted molar refractivity (Wildman–Crippen MR) is 131 cm³/mol. The fraction of sp³-hybridized carbons (Fsp3) is 0.231. The van der Waals surface area contributed by atoms with Gasteiger partial charge in [-0.2, -0.15) is 4.31 Å². The molecule has 0 aromatic heterocycles. The van der Waals surface area contributed by atoms with E-state index in [0.29, 0.717) is 30.1 Å². The summed E-state index contributed by atoms with van der Waals surface area (Å²) in [7, 11) is -2.18.